The quantitative estimate of drug-likeness (QED) is 0.454. The van der Waals surface area contributed by atoms with Gasteiger partial charge in [-0.25, -0.2) is 4.79 Å². The Hall–Kier alpha value is -2.77. The van der Waals surface area contributed by atoms with Crippen LogP contribution in [0.2, 0.25) is 0 Å². The maximum Gasteiger partial charge on any atom is 0.387 e. The fraction of sp³-hybridized carbons (Fsp3) is 0.353. The summed E-state index contributed by atoms with van der Waals surface area (Å²) in [4.78, 5) is 24.4. The average Bonchev–Trinajstić information content (AvgIpc) is 2.79. The summed E-state index contributed by atoms with van der Waals surface area (Å²) in [6.07, 6.45) is -0.727. The van der Waals surface area contributed by atoms with Crippen molar-refractivity contribution in [1.82, 2.24) is 9.78 Å². The van der Waals surface area contributed by atoms with Crippen LogP contribution in [0, 0.1) is 13.8 Å². The lowest BCUT2D eigenvalue weighted by Gasteiger charge is -2.14. The van der Waals surface area contributed by atoms with Gasteiger partial charge < -0.3 is 9.47 Å². The number of esters is 1. The number of nitrogens with zero attached hydrogens (tertiary/aromatic N) is 2. The second-order valence-corrected chi connectivity index (χ2v) is 5.49. The molecule has 25 heavy (non-hydrogen) atoms. The van der Waals surface area contributed by atoms with Crippen molar-refractivity contribution in [3.63, 3.8) is 0 Å². The zero-order valence-corrected chi connectivity index (χ0v) is 14.2. The minimum atomic E-state index is -2.91. The molecule has 0 aliphatic heterocycles. The molecular formula is C17H18F2N2O4. The number of carbonyl (C=O) groups is 2. The van der Waals surface area contributed by atoms with Gasteiger partial charge in [-0.15, -0.1) is 0 Å². The first-order valence-electron chi connectivity index (χ1n) is 7.51. The van der Waals surface area contributed by atoms with Crippen LogP contribution in [0.4, 0.5) is 8.78 Å². The van der Waals surface area contributed by atoms with Gasteiger partial charge in [-0.1, -0.05) is 12.1 Å². The first-order valence-corrected chi connectivity index (χ1v) is 7.51. The van der Waals surface area contributed by atoms with Gasteiger partial charge in [0.25, 0.3) is 5.78 Å². The Balaban J connectivity index is 2.08. The molecular weight excluding hydrogens is 334 g/mol. The SMILES string of the molecule is Cc1nn(C)c(C)c1C(=O)C(=O)OC(C)c1ccc(OC(F)F)cc1. The summed E-state index contributed by atoms with van der Waals surface area (Å²) in [7, 11) is 1.68. The highest BCUT2D eigenvalue weighted by Gasteiger charge is 2.27. The van der Waals surface area contributed by atoms with E-state index >= 15 is 0 Å². The molecule has 0 amide bonds. The zero-order chi connectivity index (χ0) is 18.7. The van der Waals surface area contributed by atoms with Crippen LogP contribution >= 0.6 is 0 Å². The third-order valence-electron chi connectivity index (χ3n) is 3.78. The number of rotatable bonds is 6. The van der Waals surface area contributed by atoms with Crippen LogP contribution in [0.3, 0.4) is 0 Å². The first kappa shape index (κ1) is 18.6. The van der Waals surface area contributed by atoms with Crippen molar-refractivity contribution >= 4 is 11.8 Å². The second kappa shape index (κ2) is 7.42. The molecule has 2 rings (SSSR count). The van der Waals surface area contributed by atoms with E-state index in [4.69, 9.17) is 4.74 Å². The predicted molar refractivity (Wildman–Crippen MR) is 84.6 cm³/mol. The molecule has 0 fully saturated rings. The molecule has 2 aromatic rings. The van der Waals surface area contributed by atoms with Crippen LogP contribution < -0.4 is 4.74 Å². The summed E-state index contributed by atoms with van der Waals surface area (Å²) in [6, 6.07) is 5.65. The summed E-state index contributed by atoms with van der Waals surface area (Å²) in [5.41, 5.74) is 1.78. The molecule has 0 spiro atoms. The molecule has 0 N–H and O–H groups in total. The Kier molecular flexibility index (Phi) is 5.51. The fourth-order valence-electron chi connectivity index (χ4n) is 2.41. The van der Waals surface area contributed by atoms with E-state index in [9.17, 15) is 18.4 Å². The molecule has 1 heterocycles. The third-order valence-corrected chi connectivity index (χ3v) is 3.78. The summed E-state index contributed by atoms with van der Waals surface area (Å²) < 4.78 is 35.2. The van der Waals surface area contributed by atoms with Gasteiger partial charge in [-0.2, -0.15) is 13.9 Å². The summed E-state index contributed by atoms with van der Waals surface area (Å²) >= 11 is 0. The zero-order valence-electron chi connectivity index (χ0n) is 14.2. The summed E-state index contributed by atoms with van der Waals surface area (Å²) in [6.45, 7) is 1.99. The maximum atomic E-state index is 12.3. The lowest BCUT2D eigenvalue weighted by atomic mass is 10.1. The second-order valence-electron chi connectivity index (χ2n) is 5.49. The molecule has 1 unspecified atom stereocenters. The highest BCUT2D eigenvalue weighted by molar-refractivity contribution is 6.41. The summed E-state index contributed by atoms with van der Waals surface area (Å²) in [5.74, 6) is -1.78. The number of halogens is 2. The van der Waals surface area contributed by atoms with E-state index in [2.05, 4.69) is 9.84 Å². The van der Waals surface area contributed by atoms with Crippen molar-refractivity contribution in [2.24, 2.45) is 7.05 Å². The monoisotopic (exact) mass is 352 g/mol. The van der Waals surface area contributed by atoms with E-state index < -0.39 is 24.5 Å². The Bertz CT molecular complexity index is 785. The smallest absolute Gasteiger partial charge is 0.387 e. The van der Waals surface area contributed by atoms with Crippen molar-refractivity contribution < 1.29 is 27.8 Å². The first-order chi connectivity index (χ1) is 11.7. The largest absolute Gasteiger partial charge is 0.452 e. The Labute approximate surface area is 143 Å². The molecule has 134 valence electrons. The third kappa shape index (κ3) is 4.20. The van der Waals surface area contributed by atoms with E-state index in [1.165, 1.54) is 28.9 Å². The van der Waals surface area contributed by atoms with Gasteiger partial charge in [0.15, 0.2) is 0 Å². The van der Waals surface area contributed by atoms with E-state index in [-0.39, 0.29) is 11.3 Å². The molecule has 0 saturated carbocycles. The van der Waals surface area contributed by atoms with Crippen molar-refractivity contribution in [2.45, 2.75) is 33.5 Å². The normalized spacial score (nSPS) is 12.1. The highest BCUT2D eigenvalue weighted by atomic mass is 19.3. The van der Waals surface area contributed by atoms with Gasteiger partial charge in [-0.05, 0) is 38.5 Å². The molecule has 0 bridgehead atoms. The number of hydrogen-bond acceptors (Lipinski definition) is 5. The number of aromatic nitrogens is 2. The van der Waals surface area contributed by atoms with E-state index in [0.29, 0.717) is 17.0 Å². The molecule has 8 heteroatoms. The molecule has 0 radical (unpaired) electrons. The van der Waals surface area contributed by atoms with Crippen molar-refractivity contribution in [2.75, 3.05) is 0 Å². The summed E-state index contributed by atoms with van der Waals surface area (Å²) in [5, 5.41) is 4.10. The van der Waals surface area contributed by atoms with Crippen LogP contribution in [-0.2, 0) is 16.6 Å². The van der Waals surface area contributed by atoms with Gasteiger partial charge >= 0.3 is 12.6 Å². The number of carbonyl (C=O) groups excluding carboxylic acids is 2. The van der Waals surface area contributed by atoms with Crippen LogP contribution in [0.1, 0.15) is 40.3 Å². The lowest BCUT2D eigenvalue weighted by Crippen LogP contribution is -2.20. The standard InChI is InChI=1S/C17H18F2N2O4/c1-9-14(10(2)21(4)20-9)15(22)16(23)24-11(3)12-5-7-13(8-6-12)25-17(18)19/h5-8,11,17H,1-4H3. The van der Waals surface area contributed by atoms with E-state index in [0.717, 1.165) is 0 Å². The maximum absolute atomic E-state index is 12.3. The number of hydrogen-bond donors (Lipinski definition) is 0. The fourth-order valence-corrected chi connectivity index (χ4v) is 2.41. The van der Waals surface area contributed by atoms with Gasteiger partial charge in [0, 0.05) is 12.7 Å². The minimum Gasteiger partial charge on any atom is -0.452 e. The molecule has 0 aliphatic rings. The number of benzene rings is 1. The predicted octanol–water partition coefficient (Wildman–Crippen LogP) is 3.13. The van der Waals surface area contributed by atoms with Crippen molar-refractivity contribution in [3.05, 3.63) is 46.8 Å². The number of aryl methyl sites for hydroxylation is 2. The Morgan fingerprint density at radius 3 is 2.24 bits per heavy atom. The number of alkyl halides is 2. The molecule has 6 nitrogen and oxygen atoms in total. The van der Waals surface area contributed by atoms with Gasteiger partial charge in [-0.3, -0.25) is 9.48 Å². The molecule has 0 saturated heterocycles. The highest BCUT2D eigenvalue weighted by Crippen LogP contribution is 2.22. The van der Waals surface area contributed by atoms with Crippen LogP contribution in [0.25, 0.3) is 0 Å². The van der Waals surface area contributed by atoms with Gasteiger partial charge in [0.1, 0.15) is 11.9 Å². The molecule has 0 aliphatic carbocycles. The van der Waals surface area contributed by atoms with Crippen LogP contribution in [0.5, 0.6) is 5.75 Å². The van der Waals surface area contributed by atoms with Crippen molar-refractivity contribution in [3.8, 4) is 5.75 Å². The van der Waals surface area contributed by atoms with E-state index in [1.54, 1.807) is 27.8 Å². The Morgan fingerprint density at radius 2 is 1.76 bits per heavy atom. The lowest BCUT2D eigenvalue weighted by molar-refractivity contribution is -0.142. The topological polar surface area (TPSA) is 70.4 Å². The molecule has 1 atom stereocenters. The van der Waals surface area contributed by atoms with E-state index in [1.807, 2.05) is 0 Å². The molecule has 1 aromatic heterocycles. The van der Waals surface area contributed by atoms with Gasteiger partial charge in [0.05, 0.1) is 11.3 Å². The van der Waals surface area contributed by atoms with Crippen LogP contribution in [0.15, 0.2) is 24.3 Å². The van der Waals surface area contributed by atoms with Gasteiger partial charge in [0.2, 0.25) is 0 Å². The number of ether oxygens (including phenoxy) is 2. The average molecular weight is 352 g/mol. The van der Waals surface area contributed by atoms with Crippen LogP contribution in [-0.4, -0.2) is 28.1 Å². The minimum absolute atomic E-state index is 0.00466. The molecule has 1 aromatic carbocycles. The number of Topliss-reactive ketones (excluding diaryl/α,β-unsaturated/α-hetero) is 1. The number of ketones is 1. The van der Waals surface area contributed by atoms with Crippen molar-refractivity contribution in [1.29, 1.82) is 0 Å². The Morgan fingerprint density at radius 1 is 1.16 bits per heavy atom.